The summed E-state index contributed by atoms with van der Waals surface area (Å²) in [7, 11) is 0. The minimum absolute atomic E-state index is 0.601. The molecule has 1 aliphatic rings. The van der Waals surface area contributed by atoms with Crippen molar-refractivity contribution in [3.05, 3.63) is 17.0 Å². The summed E-state index contributed by atoms with van der Waals surface area (Å²) < 4.78 is 0. The Balaban J connectivity index is 2.35. The van der Waals surface area contributed by atoms with Crippen LogP contribution >= 0.6 is 11.6 Å². The minimum Gasteiger partial charge on any atom is -0.356 e. The Hall–Kier alpha value is -0.830. The molecule has 0 radical (unpaired) electrons. The molecule has 1 fully saturated rings. The third-order valence-electron chi connectivity index (χ3n) is 2.63. The minimum atomic E-state index is 0.601. The van der Waals surface area contributed by atoms with Crippen LogP contribution in [0.15, 0.2) is 6.33 Å². The van der Waals surface area contributed by atoms with Gasteiger partial charge in [0.15, 0.2) is 0 Å². The average Bonchev–Trinajstić information content (AvgIpc) is 2.70. The molecule has 0 saturated carbocycles. The van der Waals surface area contributed by atoms with Crippen molar-refractivity contribution in [1.29, 1.82) is 0 Å². The SMILES string of the molecule is CCc1c(Cl)ncnc1N1CCCC1. The van der Waals surface area contributed by atoms with Crippen molar-refractivity contribution >= 4 is 17.4 Å². The van der Waals surface area contributed by atoms with Crippen molar-refractivity contribution in [2.75, 3.05) is 18.0 Å². The number of hydrogen-bond acceptors (Lipinski definition) is 3. The Morgan fingerprint density at radius 1 is 1.36 bits per heavy atom. The second-order valence-electron chi connectivity index (χ2n) is 3.51. The van der Waals surface area contributed by atoms with Crippen molar-refractivity contribution in [3.63, 3.8) is 0 Å². The van der Waals surface area contributed by atoms with Gasteiger partial charge in [0.05, 0.1) is 0 Å². The molecule has 0 aromatic carbocycles. The number of halogens is 1. The molecule has 0 bridgehead atoms. The Morgan fingerprint density at radius 2 is 2.07 bits per heavy atom. The molecule has 2 rings (SSSR count). The van der Waals surface area contributed by atoms with Gasteiger partial charge >= 0.3 is 0 Å². The summed E-state index contributed by atoms with van der Waals surface area (Å²) in [4.78, 5) is 10.6. The van der Waals surface area contributed by atoms with Gasteiger partial charge in [0.1, 0.15) is 17.3 Å². The monoisotopic (exact) mass is 211 g/mol. The summed E-state index contributed by atoms with van der Waals surface area (Å²) in [6.07, 6.45) is 4.95. The molecule has 76 valence electrons. The van der Waals surface area contributed by atoms with Crippen molar-refractivity contribution in [2.45, 2.75) is 26.2 Å². The van der Waals surface area contributed by atoms with Crippen LogP contribution in [0.2, 0.25) is 5.15 Å². The van der Waals surface area contributed by atoms with E-state index in [9.17, 15) is 0 Å². The first-order valence-corrected chi connectivity index (χ1v) is 5.45. The zero-order chi connectivity index (χ0) is 9.97. The van der Waals surface area contributed by atoms with E-state index in [2.05, 4.69) is 21.8 Å². The van der Waals surface area contributed by atoms with Gasteiger partial charge in [-0.15, -0.1) is 0 Å². The summed E-state index contributed by atoms with van der Waals surface area (Å²) in [5.41, 5.74) is 1.08. The lowest BCUT2D eigenvalue weighted by atomic mass is 10.2. The van der Waals surface area contributed by atoms with Crippen LogP contribution in [0.1, 0.15) is 25.3 Å². The molecule has 0 N–H and O–H groups in total. The third kappa shape index (κ3) is 1.69. The summed E-state index contributed by atoms with van der Waals surface area (Å²) in [6.45, 7) is 4.28. The summed E-state index contributed by atoms with van der Waals surface area (Å²) in [5.74, 6) is 1.03. The Bertz CT molecular complexity index is 321. The number of hydrogen-bond donors (Lipinski definition) is 0. The molecule has 0 unspecified atom stereocenters. The van der Waals surface area contributed by atoms with Gasteiger partial charge in [-0.3, -0.25) is 0 Å². The number of aromatic nitrogens is 2. The molecule has 1 aliphatic heterocycles. The van der Waals surface area contributed by atoms with E-state index in [1.807, 2.05) is 0 Å². The zero-order valence-corrected chi connectivity index (χ0v) is 9.09. The van der Waals surface area contributed by atoms with E-state index in [0.717, 1.165) is 30.9 Å². The number of rotatable bonds is 2. The Morgan fingerprint density at radius 3 is 2.71 bits per heavy atom. The van der Waals surface area contributed by atoms with Crippen molar-refractivity contribution in [2.24, 2.45) is 0 Å². The van der Waals surface area contributed by atoms with E-state index in [4.69, 9.17) is 11.6 Å². The molecule has 1 aromatic heterocycles. The normalized spacial score (nSPS) is 16.3. The molecule has 3 nitrogen and oxygen atoms in total. The third-order valence-corrected chi connectivity index (χ3v) is 2.95. The van der Waals surface area contributed by atoms with Crippen LogP contribution in [0.4, 0.5) is 5.82 Å². The highest BCUT2D eigenvalue weighted by atomic mass is 35.5. The number of anilines is 1. The van der Waals surface area contributed by atoms with Crippen LogP contribution in [0.5, 0.6) is 0 Å². The zero-order valence-electron chi connectivity index (χ0n) is 8.33. The molecular formula is C10H14ClN3. The highest BCUT2D eigenvalue weighted by Gasteiger charge is 2.18. The molecule has 2 heterocycles. The second kappa shape index (κ2) is 4.13. The maximum Gasteiger partial charge on any atom is 0.137 e. The van der Waals surface area contributed by atoms with E-state index in [1.54, 1.807) is 6.33 Å². The van der Waals surface area contributed by atoms with E-state index < -0.39 is 0 Å². The molecule has 1 aromatic rings. The van der Waals surface area contributed by atoms with Gasteiger partial charge in [0.25, 0.3) is 0 Å². The fourth-order valence-corrected chi connectivity index (χ4v) is 2.15. The molecule has 1 saturated heterocycles. The van der Waals surface area contributed by atoms with Gasteiger partial charge in [0.2, 0.25) is 0 Å². The lowest BCUT2D eigenvalue weighted by Crippen LogP contribution is -2.21. The van der Waals surface area contributed by atoms with Crippen molar-refractivity contribution < 1.29 is 0 Å². The molecule has 0 atom stereocenters. The van der Waals surface area contributed by atoms with Gasteiger partial charge < -0.3 is 4.90 Å². The molecular weight excluding hydrogens is 198 g/mol. The quantitative estimate of drug-likeness (QED) is 0.703. The van der Waals surface area contributed by atoms with Gasteiger partial charge in [-0.25, -0.2) is 9.97 Å². The fraction of sp³-hybridized carbons (Fsp3) is 0.600. The van der Waals surface area contributed by atoms with Crippen LogP contribution in [-0.2, 0) is 6.42 Å². The van der Waals surface area contributed by atoms with Gasteiger partial charge in [0, 0.05) is 18.7 Å². The van der Waals surface area contributed by atoms with Crippen molar-refractivity contribution in [1.82, 2.24) is 9.97 Å². The molecule has 14 heavy (non-hydrogen) atoms. The van der Waals surface area contributed by atoms with E-state index in [1.165, 1.54) is 12.8 Å². The largest absolute Gasteiger partial charge is 0.356 e. The Labute approximate surface area is 89.1 Å². The predicted octanol–water partition coefficient (Wildman–Crippen LogP) is 2.29. The van der Waals surface area contributed by atoms with Crippen LogP contribution in [0.25, 0.3) is 0 Å². The summed E-state index contributed by atoms with van der Waals surface area (Å²) in [5, 5.41) is 0.601. The summed E-state index contributed by atoms with van der Waals surface area (Å²) >= 11 is 6.03. The molecule has 0 aliphatic carbocycles. The van der Waals surface area contributed by atoms with Crippen LogP contribution in [0, 0.1) is 0 Å². The second-order valence-corrected chi connectivity index (χ2v) is 3.87. The average molecular weight is 212 g/mol. The molecule has 4 heteroatoms. The lowest BCUT2D eigenvalue weighted by molar-refractivity contribution is 0.899. The fourth-order valence-electron chi connectivity index (χ4n) is 1.89. The van der Waals surface area contributed by atoms with Gasteiger partial charge in [-0.2, -0.15) is 0 Å². The van der Waals surface area contributed by atoms with Crippen molar-refractivity contribution in [3.8, 4) is 0 Å². The standard InChI is InChI=1S/C10H14ClN3/c1-2-8-9(11)12-7-13-10(8)14-5-3-4-6-14/h7H,2-6H2,1H3. The highest BCUT2D eigenvalue weighted by Crippen LogP contribution is 2.26. The summed E-state index contributed by atoms with van der Waals surface area (Å²) in [6, 6.07) is 0. The smallest absolute Gasteiger partial charge is 0.137 e. The first-order chi connectivity index (χ1) is 6.83. The maximum atomic E-state index is 6.03. The highest BCUT2D eigenvalue weighted by molar-refractivity contribution is 6.30. The molecule has 0 spiro atoms. The lowest BCUT2D eigenvalue weighted by Gasteiger charge is -2.19. The topological polar surface area (TPSA) is 29.0 Å². The van der Waals surface area contributed by atoms with E-state index in [0.29, 0.717) is 5.15 Å². The van der Waals surface area contributed by atoms with Gasteiger partial charge in [-0.1, -0.05) is 18.5 Å². The molecule has 0 amide bonds. The van der Waals surface area contributed by atoms with Crippen LogP contribution in [-0.4, -0.2) is 23.1 Å². The van der Waals surface area contributed by atoms with Crippen LogP contribution in [0.3, 0.4) is 0 Å². The number of nitrogens with zero attached hydrogens (tertiary/aromatic N) is 3. The van der Waals surface area contributed by atoms with E-state index >= 15 is 0 Å². The maximum absolute atomic E-state index is 6.03. The van der Waals surface area contributed by atoms with E-state index in [-0.39, 0.29) is 0 Å². The van der Waals surface area contributed by atoms with Gasteiger partial charge in [-0.05, 0) is 19.3 Å². The first kappa shape index (κ1) is 9.71. The van der Waals surface area contributed by atoms with Crippen LogP contribution < -0.4 is 4.90 Å². The Kier molecular flexibility index (Phi) is 2.87. The first-order valence-electron chi connectivity index (χ1n) is 5.07. The predicted molar refractivity (Wildman–Crippen MR) is 57.9 cm³/mol.